The third-order valence-corrected chi connectivity index (χ3v) is 2.85. The van der Waals surface area contributed by atoms with E-state index in [1.54, 1.807) is 0 Å². The first-order chi connectivity index (χ1) is 8.72. The van der Waals surface area contributed by atoms with E-state index in [0.29, 0.717) is 12.2 Å². The van der Waals surface area contributed by atoms with Crippen molar-refractivity contribution in [2.45, 2.75) is 91.4 Å². The Labute approximate surface area is 114 Å². The third kappa shape index (κ3) is 20.7. The molecule has 18 heavy (non-hydrogen) atoms. The normalized spacial score (nSPS) is 9.50. The fourth-order valence-corrected chi connectivity index (χ4v) is 1.64. The van der Waals surface area contributed by atoms with Crippen LogP contribution in [0.25, 0.3) is 0 Å². The van der Waals surface area contributed by atoms with Gasteiger partial charge in [-0.1, -0.05) is 59.3 Å². The van der Waals surface area contributed by atoms with Crippen molar-refractivity contribution in [1.29, 1.82) is 0 Å². The molecule has 108 valence electrons. The molecule has 0 aliphatic carbocycles. The second-order valence-corrected chi connectivity index (χ2v) is 4.72. The van der Waals surface area contributed by atoms with Crippen LogP contribution in [0.3, 0.4) is 0 Å². The standard InChI is InChI=1S/C10H20O.C6H12O/c1-2-3-4-5-6-7-8-9-10-11;1-3-5-6(7)4-2/h10H,2-9H2,1H3;3-5H2,1-2H3. The van der Waals surface area contributed by atoms with Crippen molar-refractivity contribution in [1.82, 2.24) is 0 Å². The minimum absolute atomic E-state index is 0.377. The molecule has 0 aliphatic heterocycles. The van der Waals surface area contributed by atoms with Gasteiger partial charge in [0.05, 0.1) is 0 Å². The summed E-state index contributed by atoms with van der Waals surface area (Å²) in [5.41, 5.74) is 0. The maximum absolute atomic E-state index is 10.4. The van der Waals surface area contributed by atoms with Crippen molar-refractivity contribution in [2.24, 2.45) is 0 Å². The number of aldehydes is 1. The molecule has 0 spiro atoms. The van der Waals surface area contributed by atoms with Crippen LogP contribution in [0.2, 0.25) is 0 Å². The fraction of sp³-hybridized carbons (Fsp3) is 0.875. The first-order valence-electron chi connectivity index (χ1n) is 7.68. The number of hydrogen-bond acceptors (Lipinski definition) is 2. The first-order valence-corrected chi connectivity index (χ1v) is 7.68. The molecule has 2 nitrogen and oxygen atoms in total. The minimum atomic E-state index is 0.377. The van der Waals surface area contributed by atoms with Crippen molar-refractivity contribution in [3.05, 3.63) is 0 Å². The number of ketones is 1. The van der Waals surface area contributed by atoms with Gasteiger partial charge in [0, 0.05) is 19.3 Å². The average molecular weight is 256 g/mol. The zero-order valence-corrected chi connectivity index (χ0v) is 12.7. The van der Waals surface area contributed by atoms with Crippen LogP contribution in [0.1, 0.15) is 91.4 Å². The number of rotatable bonds is 11. The number of carbonyl (C=O) groups is 2. The Kier molecular flexibility index (Phi) is 20.4. The molecule has 0 N–H and O–H groups in total. The van der Waals surface area contributed by atoms with Crippen LogP contribution in [0.4, 0.5) is 0 Å². The van der Waals surface area contributed by atoms with E-state index in [0.717, 1.165) is 32.0 Å². The summed E-state index contributed by atoms with van der Waals surface area (Å²) in [5, 5.41) is 0. The summed E-state index contributed by atoms with van der Waals surface area (Å²) in [6.45, 7) is 6.15. The Bertz CT molecular complexity index is 176. The lowest BCUT2D eigenvalue weighted by atomic mass is 10.1. The number of Topliss-reactive ketones (excluding diaryl/α,β-unsaturated/α-hetero) is 1. The molecule has 0 saturated heterocycles. The average Bonchev–Trinajstić information content (AvgIpc) is 2.39. The van der Waals surface area contributed by atoms with Crippen LogP contribution in [-0.2, 0) is 9.59 Å². The first kappa shape index (κ1) is 19.7. The number of unbranched alkanes of at least 4 members (excludes halogenated alkanes) is 7. The molecular formula is C16H32O2. The van der Waals surface area contributed by atoms with E-state index in [1.807, 2.05) is 13.8 Å². The maximum atomic E-state index is 10.4. The molecule has 2 heteroatoms. The van der Waals surface area contributed by atoms with Crippen LogP contribution < -0.4 is 0 Å². The maximum Gasteiger partial charge on any atom is 0.132 e. The molecule has 0 aliphatic rings. The quantitative estimate of drug-likeness (QED) is 0.381. The van der Waals surface area contributed by atoms with Crippen molar-refractivity contribution in [3.63, 3.8) is 0 Å². The van der Waals surface area contributed by atoms with Gasteiger partial charge in [-0.2, -0.15) is 0 Å². The van der Waals surface area contributed by atoms with Crippen molar-refractivity contribution >= 4 is 12.1 Å². The van der Waals surface area contributed by atoms with Gasteiger partial charge >= 0.3 is 0 Å². The zero-order valence-electron chi connectivity index (χ0n) is 12.7. The van der Waals surface area contributed by atoms with E-state index in [1.165, 1.54) is 38.5 Å². The highest BCUT2D eigenvalue weighted by Gasteiger charge is 1.91. The van der Waals surface area contributed by atoms with Gasteiger partial charge < -0.3 is 4.79 Å². The molecule has 0 radical (unpaired) electrons. The van der Waals surface area contributed by atoms with Crippen LogP contribution in [-0.4, -0.2) is 12.1 Å². The topological polar surface area (TPSA) is 34.1 Å². The van der Waals surface area contributed by atoms with Gasteiger partial charge in [0.1, 0.15) is 12.1 Å². The molecule has 0 heterocycles. The molecular weight excluding hydrogens is 224 g/mol. The van der Waals surface area contributed by atoms with Gasteiger partial charge in [0.15, 0.2) is 0 Å². The molecule has 0 bridgehead atoms. The summed E-state index contributed by atoms with van der Waals surface area (Å²) in [6, 6.07) is 0. The van der Waals surface area contributed by atoms with E-state index in [9.17, 15) is 9.59 Å². The molecule has 0 amide bonds. The Balaban J connectivity index is 0. The van der Waals surface area contributed by atoms with Crippen molar-refractivity contribution < 1.29 is 9.59 Å². The predicted molar refractivity (Wildman–Crippen MR) is 78.9 cm³/mol. The summed E-state index contributed by atoms with van der Waals surface area (Å²) < 4.78 is 0. The summed E-state index contributed by atoms with van der Waals surface area (Å²) in [7, 11) is 0. The minimum Gasteiger partial charge on any atom is -0.303 e. The smallest absolute Gasteiger partial charge is 0.132 e. The summed E-state index contributed by atoms with van der Waals surface area (Å²) >= 11 is 0. The van der Waals surface area contributed by atoms with E-state index in [-0.39, 0.29) is 0 Å². The summed E-state index contributed by atoms with van der Waals surface area (Å²) in [5.74, 6) is 0.377. The predicted octanol–water partition coefficient (Wildman–Crippen LogP) is 5.09. The van der Waals surface area contributed by atoms with Gasteiger partial charge in [0.25, 0.3) is 0 Å². The highest BCUT2D eigenvalue weighted by atomic mass is 16.1. The van der Waals surface area contributed by atoms with Gasteiger partial charge in [-0.25, -0.2) is 0 Å². The van der Waals surface area contributed by atoms with Crippen molar-refractivity contribution in [3.8, 4) is 0 Å². The van der Waals surface area contributed by atoms with Gasteiger partial charge in [-0.3, -0.25) is 4.79 Å². The highest BCUT2D eigenvalue weighted by Crippen LogP contribution is 2.07. The highest BCUT2D eigenvalue weighted by molar-refractivity contribution is 5.77. The lowest BCUT2D eigenvalue weighted by molar-refractivity contribution is -0.118. The van der Waals surface area contributed by atoms with Gasteiger partial charge in [-0.15, -0.1) is 0 Å². The Hall–Kier alpha value is -0.660. The fourth-order valence-electron chi connectivity index (χ4n) is 1.64. The zero-order chi connectivity index (χ0) is 14.1. The van der Waals surface area contributed by atoms with Crippen molar-refractivity contribution in [2.75, 3.05) is 0 Å². The second kappa shape index (κ2) is 18.7. The molecule has 0 aromatic rings. The number of hydrogen-bond donors (Lipinski definition) is 0. The Morgan fingerprint density at radius 3 is 1.78 bits per heavy atom. The van der Waals surface area contributed by atoms with E-state index >= 15 is 0 Å². The lowest BCUT2D eigenvalue weighted by Gasteiger charge is -1.97. The SMILES string of the molecule is CCCC(=O)CC.CCCCCCCCCC=O. The van der Waals surface area contributed by atoms with E-state index in [2.05, 4.69) is 6.92 Å². The molecule has 0 aromatic heterocycles. The van der Waals surface area contributed by atoms with Gasteiger partial charge in [-0.05, 0) is 12.8 Å². The van der Waals surface area contributed by atoms with Crippen LogP contribution in [0.5, 0.6) is 0 Å². The Morgan fingerprint density at radius 1 is 0.833 bits per heavy atom. The molecule has 0 aromatic carbocycles. The third-order valence-electron chi connectivity index (χ3n) is 2.85. The summed E-state index contributed by atoms with van der Waals surface area (Å²) in [6.07, 6.45) is 13.3. The number of carbonyl (C=O) groups excluding carboxylic acids is 2. The molecule has 0 saturated carbocycles. The van der Waals surface area contributed by atoms with E-state index in [4.69, 9.17) is 0 Å². The summed E-state index contributed by atoms with van der Waals surface area (Å²) in [4.78, 5) is 20.4. The van der Waals surface area contributed by atoms with Crippen LogP contribution in [0.15, 0.2) is 0 Å². The molecule has 0 unspecified atom stereocenters. The van der Waals surface area contributed by atoms with Crippen LogP contribution >= 0.6 is 0 Å². The van der Waals surface area contributed by atoms with Gasteiger partial charge in [0.2, 0.25) is 0 Å². The van der Waals surface area contributed by atoms with Crippen LogP contribution in [0, 0.1) is 0 Å². The largest absolute Gasteiger partial charge is 0.303 e. The molecule has 0 atom stereocenters. The lowest BCUT2D eigenvalue weighted by Crippen LogP contribution is -1.91. The molecule has 0 rings (SSSR count). The van der Waals surface area contributed by atoms with E-state index < -0.39 is 0 Å². The monoisotopic (exact) mass is 256 g/mol. The second-order valence-electron chi connectivity index (χ2n) is 4.72. The molecule has 0 fully saturated rings. The Morgan fingerprint density at radius 2 is 1.39 bits per heavy atom.